The average Bonchev–Trinajstić information content (AvgIpc) is 2.72. The van der Waals surface area contributed by atoms with Gasteiger partial charge in [-0.15, -0.1) is 3.77 Å². The highest BCUT2D eigenvalue weighted by Gasteiger charge is 2.17. The first-order valence-corrected chi connectivity index (χ1v) is 11.3. The first kappa shape index (κ1) is 21.4. The fourth-order valence-electron chi connectivity index (χ4n) is 2.53. The number of aryl methyl sites for hydroxylation is 1. The molecule has 0 aliphatic heterocycles. The minimum Gasteiger partial charge on any atom is -0.478 e. The van der Waals surface area contributed by atoms with Crippen LogP contribution in [-0.4, -0.2) is 30.6 Å². The molecule has 0 spiro atoms. The molecule has 0 heterocycles. The molecule has 3 rings (SSSR count). The third-order valence-electron chi connectivity index (χ3n) is 4.14. The Balaban J connectivity index is 2.15. The van der Waals surface area contributed by atoms with Crippen molar-refractivity contribution in [1.29, 1.82) is 0 Å². The molecule has 0 saturated heterocycles. The maximum Gasteiger partial charge on any atom is 0.335 e. The summed E-state index contributed by atoms with van der Waals surface area (Å²) in [7, 11) is -5.34. The van der Waals surface area contributed by atoms with Gasteiger partial charge in [0.1, 0.15) is 0 Å². The van der Waals surface area contributed by atoms with Crippen LogP contribution < -0.4 is 0 Å². The van der Waals surface area contributed by atoms with E-state index < -0.39 is 32.7 Å². The first-order valence-electron chi connectivity index (χ1n) is 8.63. The quantitative estimate of drug-likeness (QED) is 0.594. The van der Waals surface area contributed by atoms with Gasteiger partial charge in [-0.3, -0.25) is 0 Å². The molecule has 154 valence electrons. The molecule has 0 unspecified atom stereocenters. The normalized spacial score (nSPS) is 11.3. The lowest BCUT2D eigenvalue weighted by molar-refractivity contribution is 0.0686. The standard InChI is InChI=1S/C21H17NO6S2/c1-14-2-12-19(13-3-14)30(27,28)22-29(17-8-4-15(5-9-17)20(23)24)18-10-6-16(7-11-18)21(25)26/h2-13H,1H3,(H,23,24)(H,25,26). The Morgan fingerprint density at radius 1 is 0.733 bits per heavy atom. The summed E-state index contributed by atoms with van der Waals surface area (Å²) in [5.41, 5.74) is 1.02. The molecule has 0 saturated carbocycles. The van der Waals surface area contributed by atoms with Gasteiger partial charge < -0.3 is 10.2 Å². The highest BCUT2D eigenvalue weighted by atomic mass is 32.3. The lowest BCUT2D eigenvalue weighted by atomic mass is 10.2. The zero-order valence-electron chi connectivity index (χ0n) is 15.7. The van der Waals surface area contributed by atoms with Gasteiger partial charge in [-0.25, -0.2) is 9.59 Å². The van der Waals surface area contributed by atoms with Crippen molar-refractivity contribution in [2.24, 2.45) is 3.77 Å². The smallest absolute Gasteiger partial charge is 0.335 e. The second-order valence-electron chi connectivity index (χ2n) is 6.31. The number of hydrogen-bond donors (Lipinski definition) is 2. The molecule has 0 aromatic heterocycles. The first-order chi connectivity index (χ1) is 14.2. The average molecular weight is 444 g/mol. The van der Waals surface area contributed by atoms with E-state index in [0.29, 0.717) is 9.79 Å². The Labute approximate surface area is 175 Å². The minimum absolute atomic E-state index is 0.0370. The number of nitrogens with zero attached hydrogens (tertiary/aromatic N) is 1. The third-order valence-corrected chi connectivity index (χ3v) is 7.83. The summed E-state index contributed by atoms with van der Waals surface area (Å²) >= 11 is 0. The monoisotopic (exact) mass is 443 g/mol. The Morgan fingerprint density at radius 2 is 1.13 bits per heavy atom. The number of aromatic carboxylic acids is 2. The largest absolute Gasteiger partial charge is 0.478 e. The molecule has 30 heavy (non-hydrogen) atoms. The van der Waals surface area contributed by atoms with Crippen molar-refractivity contribution in [2.75, 3.05) is 0 Å². The van der Waals surface area contributed by atoms with Gasteiger partial charge in [0.15, 0.2) is 0 Å². The zero-order chi connectivity index (χ0) is 21.9. The van der Waals surface area contributed by atoms with Crippen molar-refractivity contribution in [3.8, 4) is 0 Å². The summed E-state index contributed by atoms with van der Waals surface area (Å²) in [5.74, 6) is -2.20. The molecule has 2 N–H and O–H groups in total. The van der Waals surface area contributed by atoms with Gasteiger partial charge in [0.25, 0.3) is 10.0 Å². The van der Waals surface area contributed by atoms with Crippen LogP contribution in [0.15, 0.2) is 91.3 Å². The van der Waals surface area contributed by atoms with Crippen molar-refractivity contribution >= 4 is 32.7 Å². The Morgan fingerprint density at radius 3 is 1.50 bits per heavy atom. The summed E-state index contributed by atoms with van der Waals surface area (Å²) in [6.45, 7) is 1.84. The van der Waals surface area contributed by atoms with Crippen molar-refractivity contribution in [1.82, 2.24) is 0 Å². The summed E-state index contributed by atoms with van der Waals surface area (Å²) in [5, 5.41) is 18.2. The van der Waals surface area contributed by atoms with E-state index in [0.717, 1.165) is 5.56 Å². The van der Waals surface area contributed by atoms with Crippen LogP contribution in [0.3, 0.4) is 0 Å². The van der Waals surface area contributed by atoms with Crippen LogP contribution in [0.1, 0.15) is 26.3 Å². The lowest BCUT2D eigenvalue weighted by Gasteiger charge is -2.10. The molecule has 0 atom stereocenters. The summed E-state index contributed by atoms with van der Waals surface area (Å²) in [6, 6.07) is 17.8. The Hall–Kier alpha value is -3.30. The number of sulfonamides is 1. The molecule has 0 amide bonds. The second kappa shape index (κ2) is 8.60. The molecule has 3 aromatic rings. The molecule has 0 bridgehead atoms. The molecule has 3 aromatic carbocycles. The molecule has 0 aliphatic rings. The van der Waals surface area contributed by atoms with E-state index >= 15 is 0 Å². The Bertz CT molecular complexity index is 1170. The summed E-state index contributed by atoms with van der Waals surface area (Å²) in [6.07, 6.45) is 0. The van der Waals surface area contributed by atoms with Crippen LogP contribution in [0.5, 0.6) is 0 Å². The molecule has 0 radical (unpaired) electrons. The van der Waals surface area contributed by atoms with Crippen LogP contribution in [0.4, 0.5) is 0 Å². The van der Waals surface area contributed by atoms with E-state index in [-0.39, 0.29) is 16.0 Å². The Kier molecular flexibility index (Phi) is 6.14. The molecular formula is C21H17NO6S2. The maximum atomic E-state index is 12.9. The van der Waals surface area contributed by atoms with Gasteiger partial charge in [-0.2, -0.15) is 8.42 Å². The summed E-state index contributed by atoms with van der Waals surface area (Å²) < 4.78 is 29.9. The number of rotatable bonds is 6. The fraction of sp³-hybridized carbons (Fsp3) is 0.0476. The van der Waals surface area contributed by atoms with E-state index in [1.165, 1.54) is 60.7 Å². The van der Waals surface area contributed by atoms with Crippen LogP contribution >= 0.6 is 0 Å². The van der Waals surface area contributed by atoms with E-state index in [2.05, 4.69) is 3.77 Å². The molecule has 0 aliphatic carbocycles. The van der Waals surface area contributed by atoms with Crippen LogP contribution in [0, 0.1) is 6.92 Å². The van der Waals surface area contributed by atoms with E-state index in [1.54, 1.807) is 12.1 Å². The highest BCUT2D eigenvalue weighted by Crippen LogP contribution is 2.24. The maximum absolute atomic E-state index is 12.9. The number of benzene rings is 3. The predicted octanol–water partition coefficient (Wildman–Crippen LogP) is 4.00. The number of carboxylic acids is 2. The second-order valence-corrected chi connectivity index (χ2v) is 9.84. The predicted molar refractivity (Wildman–Crippen MR) is 111 cm³/mol. The van der Waals surface area contributed by atoms with Crippen LogP contribution in [-0.2, 0) is 20.7 Å². The van der Waals surface area contributed by atoms with E-state index in [4.69, 9.17) is 10.2 Å². The van der Waals surface area contributed by atoms with Gasteiger partial charge in [0, 0.05) is 9.79 Å². The van der Waals surface area contributed by atoms with Gasteiger partial charge in [0.05, 0.1) is 16.0 Å². The topological polar surface area (TPSA) is 121 Å². The van der Waals surface area contributed by atoms with Crippen molar-refractivity contribution < 1.29 is 28.2 Å². The van der Waals surface area contributed by atoms with Gasteiger partial charge in [-0.05, 0) is 78.3 Å². The molecule has 9 heteroatoms. The van der Waals surface area contributed by atoms with Gasteiger partial charge in [0.2, 0.25) is 0 Å². The zero-order valence-corrected chi connectivity index (χ0v) is 17.4. The number of carbonyl (C=O) groups is 2. The number of hydrogen-bond acceptors (Lipinski definition) is 4. The SMILES string of the molecule is Cc1ccc(S(=O)(=O)N=S(c2ccc(C(=O)O)cc2)c2ccc(C(=O)O)cc2)cc1. The lowest BCUT2D eigenvalue weighted by Crippen LogP contribution is -2.03. The third kappa shape index (κ3) is 4.81. The van der Waals surface area contributed by atoms with Crippen molar-refractivity contribution in [3.05, 3.63) is 89.5 Å². The minimum atomic E-state index is -4.02. The highest BCUT2D eigenvalue weighted by molar-refractivity contribution is 8.00. The van der Waals surface area contributed by atoms with Crippen LogP contribution in [0.2, 0.25) is 0 Å². The summed E-state index contributed by atoms with van der Waals surface area (Å²) in [4.78, 5) is 23.3. The molecule has 0 fully saturated rings. The van der Waals surface area contributed by atoms with Crippen molar-refractivity contribution in [2.45, 2.75) is 21.6 Å². The van der Waals surface area contributed by atoms with E-state index in [9.17, 15) is 18.0 Å². The van der Waals surface area contributed by atoms with Crippen LogP contribution in [0.25, 0.3) is 0 Å². The molecule has 7 nitrogen and oxygen atoms in total. The molecular weight excluding hydrogens is 426 g/mol. The van der Waals surface area contributed by atoms with Gasteiger partial charge in [-0.1, -0.05) is 17.7 Å². The van der Waals surface area contributed by atoms with E-state index in [1.807, 2.05) is 6.92 Å². The van der Waals surface area contributed by atoms with Crippen molar-refractivity contribution in [3.63, 3.8) is 0 Å². The number of carboxylic acid groups (broad SMARTS) is 2. The fourth-order valence-corrected chi connectivity index (χ4v) is 5.88. The van der Waals surface area contributed by atoms with Gasteiger partial charge >= 0.3 is 11.9 Å².